The van der Waals surface area contributed by atoms with Crippen molar-refractivity contribution < 1.29 is 9.59 Å². The van der Waals surface area contributed by atoms with Crippen molar-refractivity contribution in [2.45, 2.75) is 19.4 Å². The molecule has 0 aliphatic carbocycles. The quantitative estimate of drug-likeness (QED) is 0.538. The monoisotopic (exact) mass is 219 g/mol. The minimum atomic E-state index is -0.201. The van der Waals surface area contributed by atoms with Crippen molar-refractivity contribution in [3.63, 3.8) is 0 Å². The molecule has 0 bridgehead atoms. The van der Waals surface area contributed by atoms with Gasteiger partial charge in [0.1, 0.15) is 0 Å². The zero-order valence-electron chi connectivity index (χ0n) is 8.87. The van der Waals surface area contributed by atoms with E-state index in [1.165, 1.54) is 17.1 Å². The number of imide groups is 1. The fourth-order valence-corrected chi connectivity index (χ4v) is 1.63. The molecule has 0 saturated heterocycles. The zero-order valence-corrected chi connectivity index (χ0v) is 8.87. The summed E-state index contributed by atoms with van der Waals surface area (Å²) < 4.78 is 1.98. The second kappa shape index (κ2) is 4.74. The van der Waals surface area contributed by atoms with E-state index in [9.17, 15) is 9.59 Å². The normalized spacial score (nSPS) is 15.1. The van der Waals surface area contributed by atoms with Gasteiger partial charge in [-0.05, 0) is 12.8 Å². The van der Waals surface area contributed by atoms with Gasteiger partial charge in [0.05, 0.1) is 6.33 Å². The maximum absolute atomic E-state index is 11.2. The van der Waals surface area contributed by atoms with Gasteiger partial charge in [0.15, 0.2) is 0 Å². The molecule has 2 heterocycles. The minimum Gasteiger partial charge on any atom is -0.337 e. The van der Waals surface area contributed by atoms with E-state index in [1.807, 2.05) is 10.8 Å². The number of carbonyl (C=O) groups is 2. The molecule has 1 aliphatic heterocycles. The third kappa shape index (κ3) is 2.36. The molecule has 5 nitrogen and oxygen atoms in total. The first-order valence-electron chi connectivity index (χ1n) is 5.26. The van der Waals surface area contributed by atoms with Crippen LogP contribution < -0.4 is 0 Å². The van der Waals surface area contributed by atoms with Crippen molar-refractivity contribution in [1.29, 1.82) is 0 Å². The fourth-order valence-electron chi connectivity index (χ4n) is 1.63. The van der Waals surface area contributed by atoms with Crippen LogP contribution in [0.2, 0.25) is 0 Å². The Morgan fingerprint density at radius 3 is 2.38 bits per heavy atom. The highest BCUT2D eigenvalue weighted by molar-refractivity contribution is 6.12. The summed E-state index contributed by atoms with van der Waals surface area (Å²) in [6, 6.07) is 0. The molecule has 1 aromatic rings. The predicted molar refractivity (Wildman–Crippen MR) is 57.3 cm³/mol. The molecule has 0 N–H and O–H groups in total. The van der Waals surface area contributed by atoms with Gasteiger partial charge in [-0.1, -0.05) is 0 Å². The van der Waals surface area contributed by atoms with Crippen LogP contribution in [0, 0.1) is 0 Å². The Hall–Kier alpha value is -1.91. The molecule has 0 spiro atoms. The van der Waals surface area contributed by atoms with Crippen LogP contribution in [0.3, 0.4) is 0 Å². The number of carbonyl (C=O) groups excluding carboxylic acids is 2. The summed E-state index contributed by atoms with van der Waals surface area (Å²) in [6.07, 6.45) is 9.76. The van der Waals surface area contributed by atoms with Crippen LogP contribution in [0.1, 0.15) is 12.8 Å². The van der Waals surface area contributed by atoms with Crippen LogP contribution in [-0.4, -0.2) is 32.8 Å². The van der Waals surface area contributed by atoms with Crippen molar-refractivity contribution >= 4 is 11.8 Å². The highest BCUT2D eigenvalue weighted by Crippen LogP contribution is 2.06. The molecule has 0 unspecified atom stereocenters. The largest absolute Gasteiger partial charge is 0.337 e. The Labute approximate surface area is 93.4 Å². The number of hydrogen-bond donors (Lipinski definition) is 0. The van der Waals surface area contributed by atoms with Crippen molar-refractivity contribution in [2.24, 2.45) is 0 Å². The highest BCUT2D eigenvalue weighted by atomic mass is 16.2. The van der Waals surface area contributed by atoms with E-state index in [0.717, 1.165) is 19.4 Å². The average molecular weight is 219 g/mol. The van der Waals surface area contributed by atoms with Crippen molar-refractivity contribution in [1.82, 2.24) is 14.5 Å². The summed E-state index contributed by atoms with van der Waals surface area (Å²) in [7, 11) is 0. The van der Waals surface area contributed by atoms with Crippen LogP contribution >= 0.6 is 0 Å². The zero-order chi connectivity index (χ0) is 11.4. The number of imidazole rings is 1. The molecule has 0 fully saturated rings. The first-order valence-corrected chi connectivity index (χ1v) is 5.26. The lowest BCUT2D eigenvalue weighted by molar-refractivity contribution is -0.136. The lowest BCUT2D eigenvalue weighted by Gasteiger charge is -2.13. The van der Waals surface area contributed by atoms with Crippen molar-refractivity contribution in [3.8, 4) is 0 Å². The standard InChI is InChI=1S/C11H13N3O2/c15-10-3-4-11(16)14(10)7-2-1-6-13-8-5-12-9-13/h3-5,8-9H,1-2,6-7H2. The second-order valence-corrected chi connectivity index (χ2v) is 3.67. The Balaban J connectivity index is 1.69. The fraction of sp³-hybridized carbons (Fsp3) is 0.364. The van der Waals surface area contributed by atoms with Gasteiger partial charge in [-0.3, -0.25) is 14.5 Å². The van der Waals surface area contributed by atoms with Gasteiger partial charge in [0.2, 0.25) is 0 Å². The van der Waals surface area contributed by atoms with Gasteiger partial charge in [0, 0.05) is 37.6 Å². The van der Waals surface area contributed by atoms with Crippen LogP contribution in [0.15, 0.2) is 30.9 Å². The van der Waals surface area contributed by atoms with Gasteiger partial charge >= 0.3 is 0 Å². The molecule has 16 heavy (non-hydrogen) atoms. The van der Waals surface area contributed by atoms with Gasteiger partial charge in [-0.25, -0.2) is 4.98 Å². The summed E-state index contributed by atoms with van der Waals surface area (Å²) in [4.78, 5) is 27.6. The number of nitrogens with zero attached hydrogens (tertiary/aromatic N) is 3. The molecule has 0 atom stereocenters. The third-order valence-corrected chi connectivity index (χ3v) is 2.51. The first kappa shape index (κ1) is 10.6. The molecular weight excluding hydrogens is 206 g/mol. The number of aryl methyl sites for hydroxylation is 1. The smallest absolute Gasteiger partial charge is 0.253 e. The van der Waals surface area contributed by atoms with Crippen LogP contribution in [-0.2, 0) is 16.1 Å². The summed E-state index contributed by atoms with van der Waals surface area (Å²) in [5, 5.41) is 0. The highest BCUT2D eigenvalue weighted by Gasteiger charge is 2.21. The lowest BCUT2D eigenvalue weighted by atomic mass is 10.3. The second-order valence-electron chi connectivity index (χ2n) is 3.67. The molecule has 1 aromatic heterocycles. The summed E-state index contributed by atoms with van der Waals surface area (Å²) in [5.74, 6) is -0.403. The SMILES string of the molecule is O=C1C=CC(=O)N1CCCCn1ccnc1. The van der Waals surface area contributed by atoms with E-state index < -0.39 is 0 Å². The van der Waals surface area contributed by atoms with E-state index in [-0.39, 0.29) is 11.8 Å². The minimum absolute atomic E-state index is 0.201. The number of unbranched alkanes of at least 4 members (excludes halogenated alkanes) is 1. The Kier molecular flexibility index (Phi) is 3.14. The predicted octanol–water partition coefficient (Wildman–Crippen LogP) is 0.588. The Bertz CT molecular complexity index is 391. The van der Waals surface area contributed by atoms with Crippen molar-refractivity contribution in [3.05, 3.63) is 30.9 Å². The number of amides is 2. The third-order valence-electron chi connectivity index (χ3n) is 2.51. The van der Waals surface area contributed by atoms with Crippen LogP contribution in [0.4, 0.5) is 0 Å². The molecule has 0 radical (unpaired) electrons. The molecule has 0 saturated carbocycles. The molecule has 5 heteroatoms. The van der Waals surface area contributed by atoms with E-state index in [0.29, 0.717) is 6.54 Å². The number of rotatable bonds is 5. The van der Waals surface area contributed by atoms with Gasteiger partial charge < -0.3 is 4.57 Å². The number of hydrogen-bond acceptors (Lipinski definition) is 3. The number of aromatic nitrogens is 2. The summed E-state index contributed by atoms with van der Waals surface area (Å²) in [6.45, 7) is 1.36. The average Bonchev–Trinajstić information content (AvgIpc) is 2.87. The maximum Gasteiger partial charge on any atom is 0.253 e. The van der Waals surface area contributed by atoms with Gasteiger partial charge in [-0.2, -0.15) is 0 Å². The molecule has 84 valence electrons. The van der Waals surface area contributed by atoms with E-state index in [4.69, 9.17) is 0 Å². The lowest BCUT2D eigenvalue weighted by Crippen LogP contribution is -2.30. The van der Waals surface area contributed by atoms with E-state index in [1.54, 1.807) is 12.5 Å². The van der Waals surface area contributed by atoms with Crippen LogP contribution in [0.5, 0.6) is 0 Å². The molecular formula is C11H13N3O2. The first-order chi connectivity index (χ1) is 7.77. The van der Waals surface area contributed by atoms with Gasteiger partial charge in [0.25, 0.3) is 11.8 Å². The topological polar surface area (TPSA) is 55.2 Å². The molecule has 1 aliphatic rings. The molecule has 2 amide bonds. The van der Waals surface area contributed by atoms with Crippen LogP contribution in [0.25, 0.3) is 0 Å². The van der Waals surface area contributed by atoms with Gasteiger partial charge in [-0.15, -0.1) is 0 Å². The van der Waals surface area contributed by atoms with Crippen molar-refractivity contribution in [2.75, 3.05) is 6.54 Å². The molecule has 0 aromatic carbocycles. The Morgan fingerprint density at radius 2 is 1.75 bits per heavy atom. The Morgan fingerprint density at radius 1 is 1.06 bits per heavy atom. The van der Waals surface area contributed by atoms with E-state index in [2.05, 4.69) is 4.98 Å². The molecule has 2 rings (SSSR count). The van der Waals surface area contributed by atoms with E-state index >= 15 is 0 Å². The summed E-state index contributed by atoms with van der Waals surface area (Å²) in [5.41, 5.74) is 0. The summed E-state index contributed by atoms with van der Waals surface area (Å²) >= 11 is 0. The maximum atomic E-state index is 11.2.